The Morgan fingerprint density at radius 1 is 1.18 bits per heavy atom. The number of carbonyl (C=O) groups is 1. The molecule has 0 atom stereocenters. The average Bonchev–Trinajstić information content (AvgIpc) is 2.80. The molecule has 2 aromatic carbocycles. The summed E-state index contributed by atoms with van der Waals surface area (Å²) in [5, 5.41) is 4.44. The molecule has 0 saturated heterocycles. The molecule has 4 heteroatoms. The lowest BCUT2D eigenvalue weighted by Crippen LogP contribution is -2.13. The van der Waals surface area contributed by atoms with Crippen molar-refractivity contribution in [2.45, 2.75) is 13.8 Å². The van der Waals surface area contributed by atoms with E-state index in [9.17, 15) is 4.79 Å². The molecule has 0 bridgehead atoms. The van der Waals surface area contributed by atoms with Crippen LogP contribution >= 0.6 is 11.6 Å². The van der Waals surface area contributed by atoms with Gasteiger partial charge < -0.3 is 9.88 Å². The number of nitrogens with one attached hydrogen (secondary N) is 1. The molecular weight excluding hydrogens is 296 g/mol. The van der Waals surface area contributed by atoms with Crippen molar-refractivity contribution in [2.75, 3.05) is 5.32 Å². The number of aromatic nitrogens is 1. The smallest absolute Gasteiger partial charge is 0.257 e. The van der Waals surface area contributed by atoms with Crippen molar-refractivity contribution in [3.8, 4) is 0 Å². The fourth-order valence-electron chi connectivity index (χ4n) is 2.78. The summed E-state index contributed by atoms with van der Waals surface area (Å²) in [6.07, 6.45) is 1.84. The highest BCUT2D eigenvalue weighted by atomic mass is 35.5. The van der Waals surface area contributed by atoms with E-state index in [0.717, 1.165) is 22.0 Å². The molecule has 1 aromatic heterocycles. The van der Waals surface area contributed by atoms with Gasteiger partial charge in [-0.05, 0) is 37.1 Å². The van der Waals surface area contributed by atoms with Gasteiger partial charge in [0, 0.05) is 24.1 Å². The molecule has 0 saturated carbocycles. The van der Waals surface area contributed by atoms with Gasteiger partial charge in [-0.3, -0.25) is 4.79 Å². The van der Waals surface area contributed by atoms with E-state index in [1.807, 2.05) is 68.1 Å². The van der Waals surface area contributed by atoms with Crippen LogP contribution in [0.4, 0.5) is 5.69 Å². The van der Waals surface area contributed by atoms with Gasteiger partial charge in [0.2, 0.25) is 0 Å². The quantitative estimate of drug-likeness (QED) is 0.731. The van der Waals surface area contributed by atoms with E-state index in [4.69, 9.17) is 11.6 Å². The molecule has 112 valence electrons. The Labute approximate surface area is 134 Å². The first kappa shape index (κ1) is 14.7. The van der Waals surface area contributed by atoms with Gasteiger partial charge in [0.05, 0.1) is 16.3 Å². The van der Waals surface area contributed by atoms with E-state index in [-0.39, 0.29) is 5.91 Å². The largest absolute Gasteiger partial charge is 0.350 e. The van der Waals surface area contributed by atoms with Gasteiger partial charge in [-0.15, -0.1) is 0 Å². The zero-order valence-electron chi connectivity index (χ0n) is 12.8. The number of para-hydroxylation sites is 1. The number of carbonyl (C=O) groups excluding carboxylic acids is 1. The van der Waals surface area contributed by atoms with E-state index < -0.39 is 0 Å². The maximum Gasteiger partial charge on any atom is 0.257 e. The van der Waals surface area contributed by atoms with Crippen LogP contribution in [0, 0.1) is 13.8 Å². The second kappa shape index (κ2) is 5.50. The maximum atomic E-state index is 12.6. The minimum atomic E-state index is -0.148. The molecule has 0 aliphatic carbocycles. The van der Waals surface area contributed by atoms with Crippen molar-refractivity contribution < 1.29 is 4.79 Å². The van der Waals surface area contributed by atoms with Crippen molar-refractivity contribution in [3.05, 3.63) is 64.3 Å². The number of rotatable bonds is 2. The Morgan fingerprint density at radius 3 is 2.64 bits per heavy atom. The Balaban J connectivity index is 2.01. The fourth-order valence-corrected chi connectivity index (χ4v) is 3.15. The molecule has 0 aliphatic rings. The van der Waals surface area contributed by atoms with Gasteiger partial charge in [-0.1, -0.05) is 35.9 Å². The normalized spacial score (nSPS) is 10.9. The first-order valence-electron chi connectivity index (χ1n) is 7.09. The summed E-state index contributed by atoms with van der Waals surface area (Å²) in [5.74, 6) is -0.148. The molecule has 3 rings (SSSR count). The molecular formula is C18H17ClN2O. The highest BCUT2D eigenvalue weighted by Crippen LogP contribution is 2.29. The second-order valence-electron chi connectivity index (χ2n) is 5.56. The van der Waals surface area contributed by atoms with Crippen LogP contribution in [0.15, 0.2) is 42.6 Å². The van der Waals surface area contributed by atoms with Crippen LogP contribution in [-0.4, -0.2) is 10.5 Å². The molecule has 0 unspecified atom stereocenters. The molecule has 3 nitrogen and oxygen atoms in total. The standard InChI is InChI=1S/C18H17ClN2O/c1-11-8-12(2)17(15(19)9-11)20-18(22)14-10-21(3)16-7-5-4-6-13(14)16/h4-10H,1-3H3,(H,20,22). The number of fused-ring (bicyclic) bond motifs is 1. The Kier molecular flexibility index (Phi) is 3.67. The van der Waals surface area contributed by atoms with E-state index in [0.29, 0.717) is 16.3 Å². The fraction of sp³-hybridized carbons (Fsp3) is 0.167. The van der Waals surface area contributed by atoms with Crippen LogP contribution in [0.5, 0.6) is 0 Å². The molecule has 3 aromatic rings. The molecule has 1 amide bonds. The highest BCUT2D eigenvalue weighted by Gasteiger charge is 2.16. The number of aryl methyl sites for hydroxylation is 3. The van der Waals surface area contributed by atoms with Crippen molar-refractivity contribution in [2.24, 2.45) is 7.05 Å². The summed E-state index contributed by atoms with van der Waals surface area (Å²) in [6.45, 7) is 3.92. The number of anilines is 1. The van der Waals surface area contributed by atoms with Crippen LogP contribution in [0.3, 0.4) is 0 Å². The van der Waals surface area contributed by atoms with Crippen LogP contribution < -0.4 is 5.32 Å². The van der Waals surface area contributed by atoms with E-state index >= 15 is 0 Å². The SMILES string of the molecule is Cc1cc(C)c(NC(=O)c2cn(C)c3ccccc23)c(Cl)c1. The van der Waals surface area contributed by atoms with E-state index in [1.165, 1.54) is 0 Å². The van der Waals surface area contributed by atoms with Crippen molar-refractivity contribution in [3.63, 3.8) is 0 Å². The Morgan fingerprint density at radius 2 is 1.91 bits per heavy atom. The lowest BCUT2D eigenvalue weighted by atomic mass is 10.1. The van der Waals surface area contributed by atoms with E-state index in [1.54, 1.807) is 0 Å². The number of hydrogen-bond donors (Lipinski definition) is 1. The Bertz CT molecular complexity index is 857. The average molecular weight is 313 g/mol. The predicted octanol–water partition coefficient (Wildman–Crippen LogP) is 4.70. The van der Waals surface area contributed by atoms with Crippen LogP contribution in [0.2, 0.25) is 5.02 Å². The third kappa shape index (κ3) is 2.48. The monoisotopic (exact) mass is 312 g/mol. The lowest BCUT2D eigenvalue weighted by molar-refractivity contribution is 0.102. The van der Waals surface area contributed by atoms with Gasteiger partial charge in [-0.25, -0.2) is 0 Å². The molecule has 1 heterocycles. The predicted molar refractivity (Wildman–Crippen MR) is 91.8 cm³/mol. The molecule has 22 heavy (non-hydrogen) atoms. The lowest BCUT2D eigenvalue weighted by Gasteiger charge is -2.11. The first-order chi connectivity index (χ1) is 10.5. The summed E-state index contributed by atoms with van der Waals surface area (Å²) >= 11 is 6.27. The van der Waals surface area contributed by atoms with Gasteiger partial charge in [0.1, 0.15) is 0 Å². The highest BCUT2D eigenvalue weighted by molar-refractivity contribution is 6.34. The Hall–Kier alpha value is -2.26. The summed E-state index contributed by atoms with van der Waals surface area (Å²) in [6, 6.07) is 11.7. The van der Waals surface area contributed by atoms with Crippen molar-refractivity contribution >= 4 is 34.1 Å². The number of halogens is 1. The second-order valence-corrected chi connectivity index (χ2v) is 5.97. The van der Waals surface area contributed by atoms with Gasteiger partial charge in [0.15, 0.2) is 0 Å². The molecule has 0 spiro atoms. The van der Waals surface area contributed by atoms with Crippen LogP contribution in [-0.2, 0) is 7.05 Å². The number of benzene rings is 2. The molecule has 0 radical (unpaired) electrons. The summed E-state index contributed by atoms with van der Waals surface area (Å²) < 4.78 is 1.95. The first-order valence-corrected chi connectivity index (χ1v) is 7.47. The summed E-state index contributed by atoms with van der Waals surface area (Å²) in [7, 11) is 1.93. The van der Waals surface area contributed by atoms with Crippen LogP contribution in [0.1, 0.15) is 21.5 Å². The van der Waals surface area contributed by atoms with Crippen molar-refractivity contribution in [1.29, 1.82) is 0 Å². The van der Waals surface area contributed by atoms with Gasteiger partial charge >= 0.3 is 0 Å². The minimum Gasteiger partial charge on any atom is -0.350 e. The van der Waals surface area contributed by atoms with Crippen LogP contribution in [0.25, 0.3) is 10.9 Å². The minimum absolute atomic E-state index is 0.148. The number of amides is 1. The zero-order chi connectivity index (χ0) is 15.9. The molecule has 0 aliphatic heterocycles. The third-order valence-electron chi connectivity index (χ3n) is 3.81. The van der Waals surface area contributed by atoms with E-state index in [2.05, 4.69) is 5.32 Å². The number of hydrogen-bond acceptors (Lipinski definition) is 1. The van der Waals surface area contributed by atoms with Gasteiger partial charge in [0.25, 0.3) is 5.91 Å². The maximum absolute atomic E-state index is 12.6. The molecule has 1 N–H and O–H groups in total. The topological polar surface area (TPSA) is 34.0 Å². The summed E-state index contributed by atoms with van der Waals surface area (Å²) in [4.78, 5) is 12.6. The van der Waals surface area contributed by atoms with Crippen molar-refractivity contribution in [1.82, 2.24) is 4.57 Å². The summed E-state index contributed by atoms with van der Waals surface area (Å²) in [5.41, 5.74) is 4.38. The van der Waals surface area contributed by atoms with Gasteiger partial charge in [-0.2, -0.15) is 0 Å². The third-order valence-corrected chi connectivity index (χ3v) is 4.11. The number of nitrogens with zero attached hydrogens (tertiary/aromatic N) is 1. The molecule has 0 fully saturated rings. The zero-order valence-corrected chi connectivity index (χ0v) is 13.5.